The summed E-state index contributed by atoms with van der Waals surface area (Å²) >= 11 is 0. The molecule has 0 bridgehead atoms. The zero-order chi connectivity index (χ0) is 15.1. The van der Waals surface area contributed by atoms with Crippen molar-refractivity contribution < 1.29 is 0 Å². The highest BCUT2D eigenvalue weighted by molar-refractivity contribution is 14.0. The minimum Gasteiger partial charge on any atom is -0.355 e. The smallest absolute Gasteiger partial charge is 0.191 e. The molecule has 0 radical (unpaired) electrons. The molecule has 0 spiro atoms. The molecule has 0 saturated carbocycles. The molecule has 120 valence electrons. The van der Waals surface area contributed by atoms with Gasteiger partial charge in [-0.15, -0.1) is 24.0 Å². The lowest BCUT2D eigenvalue weighted by atomic mass is 10.1. The number of rotatable bonds is 5. The number of aliphatic imine (C=N–C) groups is 1. The van der Waals surface area contributed by atoms with Crippen LogP contribution in [0.5, 0.6) is 0 Å². The van der Waals surface area contributed by atoms with Crippen molar-refractivity contribution in [2.75, 3.05) is 13.6 Å². The van der Waals surface area contributed by atoms with E-state index in [1.807, 2.05) is 24.0 Å². The third-order valence-electron chi connectivity index (χ3n) is 3.20. The van der Waals surface area contributed by atoms with Crippen molar-refractivity contribution in [1.82, 2.24) is 20.4 Å². The molecule has 2 N–H and O–H groups in total. The summed E-state index contributed by atoms with van der Waals surface area (Å²) in [4.78, 5) is 4.22. The lowest BCUT2D eigenvalue weighted by Gasteiger charge is -2.12. The van der Waals surface area contributed by atoms with Crippen molar-refractivity contribution in [3.05, 3.63) is 53.3 Å². The van der Waals surface area contributed by atoms with Crippen LogP contribution in [-0.2, 0) is 13.1 Å². The minimum atomic E-state index is 0. The van der Waals surface area contributed by atoms with Crippen molar-refractivity contribution in [2.24, 2.45) is 4.99 Å². The topological polar surface area (TPSA) is 54.2 Å². The average Bonchev–Trinajstić information content (AvgIpc) is 2.90. The van der Waals surface area contributed by atoms with Crippen LogP contribution in [-0.4, -0.2) is 29.3 Å². The van der Waals surface area contributed by atoms with Crippen LogP contribution < -0.4 is 10.6 Å². The molecule has 0 amide bonds. The maximum atomic E-state index is 4.26. The van der Waals surface area contributed by atoms with E-state index in [0.29, 0.717) is 0 Å². The fourth-order valence-corrected chi connectivity index (χ4v) is 1.99. The molecule has 6 heteroatoms. The molecule has 0 aliphatic heterocycles. The van der Waals surface area contributed by atoms with Gasteiger partial charge in [-0.1, -0.05) is 29.8 Å². The van der Waals surface area contributed by atoms with Crippen LogP contribution in [0, 0.1) is 13.8 Å². The van der Waals surface area contributed by atoms with Gasteiger partial charge in [0.25, 0.3) is 0 Å². The van der Waals surface area contributed by atoms with Crippen LogP contribution in [0.1, 0.15) is 16.7 Å². The fraction of sp³-hybridized carbons (Fsp3) is 0.375. The van der Waals surface area contributed by atoms with E-state index in [4.69, 9.17) is 0 Å². The van der Waals surface area contributed by atoms with E-state index in [9.17, 15) is 0 Å². The molecule has 2 aromatic rings. The number of benzene rings is 1. The van der Waals surface area contributed by atoms with Gasteiger partial charge in [0.2, 0.25) is 0 Å². The summed E-state index contributed by atoms with van der Waals surface area (Å²) in [5.41, 5.74) is 3.69. The standard InChI is InChI=1S/C16H23N5.HI/c1-13-4-6-15(7-5-13)11-19-16(17-3)18-8-9-21-12-14(2)10-20-21;/h4-7,10,12H,8-9,11H2,1-3H3,(H2,17,18,19);1H. The second-order valence-electron chi connectivity index (χ2n) is 5.12. The number of guanidine groups is 1. The Morgan fingerprint density at radius 1 is 1.14 bits per heavy atom. The summed E-state index contributed by atoms with van der Waals surface area (Å²) in [7, 11) is 1.78. The van der Waals surface area contributed by atoms with Gasteiger partial charge in [-0.05, 0) is 25.0 Å². The van der Waals surface area contributed by atoms with Crippen LogP contribution in [0.4, 0.5) is 0 Å². The average molecular weight is 413 g/mol. The van der Waals surface area contributed by atoms with Gasteiger partial charge in [0, 0.05) is 26.3 Å². The first-order valence-electron chi connectivity index (χ1n) is 7.16. The third-order valence-corrected chi connectivity index (χ3v) is 3.20. The molecule has 0 unspecified atom stereocenters. The van der Waals surface area contributed by atoms with Gasteiger partial charge in [-0.3, -0.25) is 9.67 Å². The summed E-state index contributed by atoms with van der Waals surface area (Å²) in [5, 5.41) is 10.8. The summed E-state index contributed by atoms with van der Waals surface area (Å²) in [5.74, 6) is 0.805. The first kappa shape index (κ1) is 18.5. The second-order valence-corrected chi connectivity index (χ2v) is 5.12. The Labute approximate surface area is 149 Å². The number of hydrogen-bond donors (Lipinski definition) is 2. The van der Waals surface area contributed by atoms with Gasteiger partial charge in [0.05, 0.1) is 12.7 Å². The summed E-state index contributed by atoms with van der Waals surface area (Å²) < 4.78 is 1.93. The van der Waals surface area contributed by atoms with Gasteiger partial charge in [0.1, 0.15) is 0 Å². The third kappa shape index (κ3) is 6.05. The first-order valence-corrected chi connectivity index (χ1v) is 7.16. The van der Waals surface area contributed by atoms with E-state index in [1.165, 1.54) is 16.7 Å². The van der Waals surface area contributed by atoms with Crippen molar-refractivity contribution in [3.8, 4) is 0 Å². The van der Waals surface area contributed by atoms with Crippen molar-refractivity contribution in [3.63, 3.8) is 0 Å². The van der Waals surface area contributed by atoms with Crippen molar-refractivity contribution in [1.29, 1.82) is 0 Å². The van der Waals surface area contributed by atoms with Gasteiger partial charge in [0.15, 0.2) is 5.96 Å². The van der Waals surface area contributed by atoms with Gasteiger partial charge in [-0.25, -0.2) is 0 Å². The molecule has 0 saturated heterocycles. The maximum Gasteiger partial charge on any atom is 0.191 e. The zero-order valence-electron chi connectivity index (χ0n) is 13.3. The molecule has 2 rings (SSSR count). The van der Waals surface area contributed by atoms with Crippen molar-refractivity contribution >= 4 is 29.9 Å². The number of halogens is 1. The van der Waals surface area contributed by atoms with Gasteiger partial charge >= 0.3 is 0 Å². The first-order chi connectivity index (χ1) is 10.2. The van der Waals surface area contributed by atoms with Crippen LogP contribution in [0.3, 0.4) is 0 Å². The summed E-state index contributed by atoms with van der Waals surface area (Å²) in [6.07, 6.45) is 3.90. The number of aryl methyl sites for hydroxylation is 2. The molecular weight excluding hydrogens is 389 g/mol. The summed E-state index contributed by atoms with van der Waals surface area (Å²) in [6.45, 7) is 6.50. The van der Waals surface area contributed by atoms with E-state index >= 15 is 0 Å². The Hall–Kier alpha value is -1.57. The molecule has 1 aromatic carbocycles. The van der Waals surface area contributed by atoms with E-state index in [0.717, 1.165) is 25.6 Å². The van der Waals surface area contributed by atoms with E-state index in [1.54, 1.807) is 7.05 Å². The fourth-order valence-electron chi connectivity index (χ4n) is 1.99. The number of nitrogens with one attached hydrogen (secondary N) is 2. The highest BCUT2D eigenvalue weighted by Crippen LogP contribution is 2.02. The van der Waals surface area contributed by atoms with Gasteiger partial charge < -0.3 is 10.6 Å². The molecular formula is C16H24IN5. The Bertz CT molecular complexity index is 589. The lowest BCUT2D eigenvalue weighted by molar-refractivity contribution is 0.597. The Morgan fingerprint density at radius 3 is 2.45 bits per heavy atom. The Morgan fingerprint density at radius 2 is 1.86 bits per heavy atom. The normalized spacial score (nSPS) is 11.0. The van der Waals surface area contributed by atoms with E-state index < -0.39 is 0 Å². The Kier molecular flexibility index (Phi) is 7.94. The van der Waals surface area contributed by atoms with Crippen LogP contribution in [0.15, 0.2) is 41.7 Å². The number of nitrogens with zero attached hydrogens (tertiary/aromatic N) is 3. The quantitative estimate of drug-likeness (QED) is 0.450. The predicted molar refractivity (Wildman–Crippen MR) is 102 cm³/mol. The largest absolute Gasteiger partial charge is 0.355 e. The summed E-state index contributed by atoms with van der Waals surface area (Å²) in [6, 6.07) is 8.49. The molecule has 0 aliphatic carbocycles. The minimum absolute atomic E-state index is 0. The maximum absolute atomic E-state index is 4.26. The molecule has 22 heavy (non-hydrogen) atoms. The van der Waals surface area contributed by atoms with Crippen LogP contribution >= 0.6 is 24.0 Å². The second kappa shape index (κ2) is 9.45. The zero-order valence-corrected chi connectivity index (χ0v) is 15.7. The highest BCUT2D eigenvalue weighted by atomic mass is 127. The molecule has 0 aliphatic rings. The molecule has 0 fully saturated rings. The van der Waals surface area contributed by atoms with Gasteiger partial charge in [-0.2, -0.15) is 5.10 Å². The lowest BCUT2D eigenvalue weighted by Crippen LogP contribution is -2.38. The highest BCUT2D eigenvalue weighted by Gasteiger charge is 1.99. The monoisotopic (exact) mass is 413 g/mol. The molecule has 1 heterocycles. The SMILES string of the molecule is CN=C(NCCn1cc(C)cn1)NCc1ccc(C)cc1.I. The number of hydrogen-bond acceptors (Lipinski definition) is 2. The van der Waals surface area contributed by atoms with E-state index in [-0.39, 0.29) is 24.0 Å². The molecule has 0 atom stereocenters. The number of aromatic nitrogens is 2. The molecule has 5 nitrogen and oxygen atoms in total. The van der Waals surface area contributed by atoms with Crippen LogP contribution in [0.25, 0.3) is 0 Å². The van der Waals surface area contributed by atoms with E-state index in [2.05, 4.69) is 51.9 Å². The predicted octanol–water partition coefficient (Wildman–Crippen LogP) is 2.48. The van der Waals surface area contributed by atoms with Crippen LogP contribution in [0.2, 0.25) is 0 Å². The Balaban J connectivity index is 0.00000242. The molecule has 1 aromatic heterocycles. The van der Waals surface area contributed by atoms with Crippen molar-refractivity contribution in [2.45, 2.75) is 26.9 Å².